The first kappa shape index (κ1) is 16.5. The highest BCUT2D eigenvalue weighted by Gasteiger charge is 2.46. The number of benzene rings is 1. The predicted octanol–water partition coefficient (Wildman–Crippen LogP) is 3.57. The van der Waals surface area contributed by atoms with Gasteiger partial charge in [0.2, 0.25) is 0 Å². The van der Waals surface area contributed by atoms with Crippen molar-refractivity contribution in [3.05, 3.63) is 29.8 Å². The second-order valence-electron chi connectivity index (χ2n) is 7.48. The third-order valence-corrected chi connectivity index (χ3v) is 6.02. The molecule has 0 saturated heterocycles. The summed E-state index contributed by atoms with van der Waals surface area (Å²) in [5.74, 6) is 2.83. The molecule has 25 heavy (non-hydrogen) atoms. The second kappa shape index (κ2) is 6.75. The summed E-state index contributed by atoms with van der Waals surface area (Å²) < 4.78 is 4.69. The summed E-state index contributed by atoms with van der Waals surface area (Å²) in [4.78, 5) is 11.4. The van der Waals surface area contributed by atoms with Crippen molar-refractivity contribution in [3.63, 3.8) is 0 Å². The Kier molecular flexibility index (Phi) is 4.46. The maximum absolute atomic E-state index is 11.4. The molecule has 0 aromatic heterocycles. The Bertz CT molecular complexity index is 684. The van der Waals surface area contributed by atoms with Gasteiger partial charge in [0, 0.05) is 11.4 Å². The van der Waals surface area contributed by atoms with Gasteiger partial charge in [0.05, 0.1) is 12.7 Å². The molecule has 132 valence electrons. The summed E-state index contributed by atoms with van der Waals surface area (Å²) in [6.45, 7) is 0. The fourth-order valence-corrected chi connectivity index (χ4v) is 5.09. The molecule has 2 N–H and O–H groups in total. The van der Waals surface area contributed by atoms with Crippen LogP contribution in [0.2, 0.25) is 0 Å². The Labute approximate surface area is 153 Å². The first-order chi connectivity index (χ1) is 12.1. The van der Waals surface area contributed by atoms with Gasteiger partial charge in [0.15, 0.2) is 5.11 Å². The molecule has 5 nitrogen and oxygen atoms in total. The number of thiocarbonyl (C=S) groups is 1. The van der Waals surface area contributed by atoms with Gasteiger partial charge in [-0.1, -0.05) is 0 Å². The number of anilines is 1. The zero-order valence-electron chi connectivity index (χ0n) is 14.3. The maximum Gasteiger partial charge on any atom is 0.337 e. The zero-order valence-corrected chi connectivity index (χ0v) is 15.1. The number of methoxy groups -OCH3 is 1. The fraction of sp³-hybridized carbons (Fsp3) is 0.526. The quantitative estimate of drug-likeness (QED) is 0.492. The Morgan fingerprint density at radius 1 is 1.08 bits per heavy atom. The number of ether oxygens (including phenoxy) is 1. The van der Waals surface area contributed by atoms with Crippen LogP contribution in [0.25, 0.3) is 0 Å². The smallest absolute Gasteiger partial charge is 0.337 e. The highest BCUT2D eigenvalue weighted by Crippen LogP contribution is 2.52. The van der Waals surface area contributed by atoms with Gasteiger partial charge in [-0.25, -0.2) is 4.79 Å². The number of hydrazone groups is 1. The number of hydrogen-bond donors (Lipinski definition) is 2. The summed E-state index contributed by atoms with van der Waals surface area (Å²) in [7, 11) is 1.37. The number of nitrogens with one attached hydrogen (secondary N) is 2. The summed E-state index contributed by atoms with van der Waals surface area (Å²) in [5, 5.41) is 8.26. The molecule has 4 saturated carbocycles. The van der Waals surface area contributed by atoms with Crippen LogP contribution < -0.4 is 10.7 Å². The van der Waals surface area contributed by atoms with E-state index in [1.807, 2.05) is 0 Å². The van der Waals surface area contributed by atoms with E-state index in [0.29, 0.717) is 22.5 Å². The number of carbonyl (C=O) groups excluding carboxylic acids is 1. The normalized spacial score (nSPS) is 29.2. The third kappa shape index (κ3) is 3.40. The van der Waals surface area contributed by atoms with Crippen molar-refractivity contribution < 1.29 is 9.53 Å². The first-order valence-electron chi connectivity index (χ1n) is 8.95. The van der Waals surface area contributed by atoms with Gasteiger partial charge in [0.25, 0.3) is 0 Å². The lowest BCUT2D eigenvalue weighted by Crippen LogP contribution is -2.46. The molecule has 4 aliphatic carbocycles. The highest BCUT2D eigenvalue weighted by molar-refractivity contribution is 7.80. The molecule has 6 heteroatoms. The van der Waals surface area contributed by atoms with E-state index < -0.39 is 0 Å². The van der Waals surface area contributed by atoms with Crippen LogP contribution in [0.15, 0.2) is 29.4 Å². The third-order valence-electron chi connectivity index (χ3n) is 5.83. The number of esters is 1. The van der Waals surface area contributed by atoms with E-state index in [2.05, 4.69) is 15.8 Å². The van der Waals surface area contributed by atoms with E-state index >= 15 is 0 Å². The minimum Gasteiger partial charge on any atom is -0.465 e. The number of hydrogen-bond acceptors (Lipinski definition) is 4. The average Bonchev–Trinajstić information content (AvgIpc) is 2.60. The second-order valence-corrected chi connectivity index (χ2v) is 7.88. The number of nitrogens with zero attached hydrogens (tertiary/aromatic N) is 1. The molecular weight excluding hydrogens is 334 g/mol. The van der Waals surface area contributed by atoms with Crippen LogP contribution in [0.4, 0.5) is 5.69 Å². The molecule has 0 spiro atoms. The standard InChI is InChI=1S/C19H23N3O2S/c1-24-18(23)13-2-4-16(5-3-13)20-19(25)22-21-17-14-7-11-6-12(9-14)10-15(17)8-11/h2-5,11-12,14-15H,6-10H2,1H3,(H2,20,22,25). The molecule has 4 fully saturated rings. The van der Waals surface area contributed by atoms with Crippen LogP contribution in [0.1, 0.15) is 42.5 Å². The van der Waals surface area contributed by atoms with Gasteiger partial charge in [-0.05, 0) is 92.3 Å². The van der Waals surface area contributed by atoms with Crippen LogP contribution in [0.3, 0.4) is 0 Å². The molecule has 1 aromatic carbocycles. The van der Waals surface area contributed by atoms with Gasteiger partial charge in [0.1, 0.15) is 0 Å². The van der Waals surface area contributed by atoms with Gasteiger partial charge in [-0.2, -0.15) is 5.10 Å². The summed E-state index contributed by atoms with van der Waals surface area (Å²) in [6, 6.07) is 7.02. The van der Waals surface area contributed by atoms with E-state index in [1.54, 1.807) is 24.3 Å². The first-order valence-corrected chi connectivity index (χ1v) is 9.36. The van der Waals surface area contributed by atoms with Crippen molar-refractivity contribution in [2.75, 3.05) is 12.4 Å². The molecule has 0 amide bonds. The molecule has 5 rings (SSSR count). The van der Waals surface area contributed by atoms with Crippen molar-refractivity contribution in [3.8, 4) is 0 Å². The Balaban J connectivity index is 1.35. The Morgan fingerprint density at radius 3 is 2.24 bits per heavy atom. The topological polar surface area (TPSA) is 62.7 Å². The molecule has 0 aliphatic heterocycles. The summed E-state index contributed by atoms with van der Waals surface area (Å²) in [6.07, 6.45) is 6.67. The van der Waals surface area contributed by atoms with Crippen molar-refractivity contribution in [2.45, 2.75) is 32.1 Å². The van der Waals surface area contributed by atoms with E-state index in [1.165, 1.54) is 44.9 Å². The SMILES string of the molecule is COC(=O)c1ccc(NC(=S)NN=C2C3CC4CC(C3)CC2C4)cc1. The number of carbonyl (C=O) groups is 1. The van der Waals surface area contributed by atoms with Crippen molar-refractivity contribution in [1.82, 2.24) is 5.43 Å². The minimum absolute atomic E-state index is 0.347. The Hall–Kier alpha value is -1.95. The van der Waals surface area contributed by atoms with E-state index in [4.69, 9.17) is 17.0 Å². The Morgan fingerprint density at radius 2 is 1.68 bits per heavy atom. The molecule has 0 atom stereocenters. The molecule has 0 heterocycles. The number of rotatable bonds is 3. The molecule has 0 radical (unpaired) electrons. The maximum atomic E-state index is 11.4. The van der Waals surface area contributed by atoms with Gasteiger partial charge < -0.3 is 10.1 Å². The lowest BCUT2D eigenvalue weighted by molar-refractivity contribution is 0.0601. The van der Waals surface area contributed by atoms with Crippen LogP contribution in [0.5, 0.6) is 0 Å². The van der Waals surface area contributed by atoms with Crippen LogP contribution in [-0.4, -0.2) is 23.9 Å². The van der Waals surface area contributed by atoms with Gasteiger partial charge in [-0.15, -0.1) is 0 Å². The van der Waals surface area contributed by atoms with E-state index in [-0.39, 0.29) is 5.97 Å². The summed E-state index contributed by atoms with van der Waals surface area (Å²) in [5.41, 5.74) is 5.69. The van der Waals surface area contributed by atoms with Crippen molar-refractivity contribution in [1.29, 1.82) is 0 Å². The molecule has 0 unspecified atom stereocenters. The lowest BCUT2D eigenvalue weighted by Gasteiger charge is -2.50. The van der Waals surface area contributed by atoms with E-state index in [9.17, 15) is 4.79 Å². The van der Waals surface area contributed by atoms with Crippen LogP contribution >= 0.6 is 12.2 Å². The summed E-state index contributed by atoms with van der Waals surface area (Å²) >= 11 is 5.35. The van der Waals surface area contributed by atoms with E-state index in [0.717, 1.165) is 17.5 Å². The van der Waals surface area contributed by atoms with Crippen molar-refractivity contribution >= 4 is 34.7 Å². The molecule has 1 aromatic rings. The van der Waals surface area contributed by atoms with Gasteiger partial charge >= 0.3 is 5.97 Å². The minimum atomic E-state index is -0.347. The zero-order chi connectivity index (χ0) is 17.4. The largest absolute Gasteiger partial charge is 0.465 e. The van der Waals surface area contributed by atoms with Crippen LogP contribution in [-0.2, 0) is 4.74 Å². The van der Waals surface area contributed by atoms with Crippen molar-refractivity contribution in [2.24, 2.45) is 28.8 Å². The highest BCUT2D eigenvalue weighted by atomic mass is 32.1. The van der Waals surface area contributed by atoms with Crippen LogP contribution in [0, 0.1) is 23.7 Å². The molecule has 4 bridgehead atoms. The predicted molar refractivity (Wildman–Crippen MR) is 102 cm³/mol. The average molecular weight is 357 g/mol. The van der Waals surface area contributed by atoms with Gasteiger partial charge in [-0.3, -0.25) is 5.43 Å². The molecular formula is C19H23N3O2S. The monoisotopic (exact) mass is 357 g/mol. The lowest BCUT2D eigenvalue weighted by atomic mass is 9.55. The molecule has 4 aliphatic rings. The fourth-order valence-electron chi connectivity index (χ4n) is 4.93.